The van der Waals surface area contributed by atoms with Gasteiger partial charge in [-0.15, -0.1) is 15.3 Å². The number of hydrogen-bond donors (Lipinski definition) is 1. The maximum Gasteiger partial charge on any atom is 0.226 e. The van der Waals surface area contributed by atoms with Crippen molar-refractivity contribution in [1.82, 2.24) is 29.6 Å². The van der Waals surface area contributed by atoms with E-state index in [4.69, 9.17) is 14.6 Å². The summed E-state index contributed by atoms with van der Waals surface area (Å²) in [5.41, 5.74) is 3.38. The summed E-state index contributed by atoms with van der Waals surface area (Å²) in [4.78, 5) is 12.7. The molecule has 0 aliphatic carbocycles. The number of aromatic nitrogens is 6. The van der Waals surface area contributed by atoms with Crippen molar-refractivity contribution in [2.24, 2.45) is 0 Å². The molecular weight excluding hydrogens is 422 g/mol. The molecule has 0 saturated carbocycles. The summed E-state index contributed by atoms with van der Waals surface area (Å²) >= 11 is 0. The first-order valence-electron chi connectivity index (χ1n) is 11.0. The van der Waals surface area contributed by atoms with E-state index in [0.29, 0.717) is 41.8 Å². The SMILES string of the molecule is CCCCOc1ccc([C@H]2CC(=O)Nc3c2c(C)nn3-c2ccc3nncn3n2)cc1OC. The first-order chi connectivity index (χ1) is 16.1. The third-order valence-corrected chi connectivity index (χ3v) is 5.81. The van der Waals surface area contributed by atoms with Gasteiger partial charge in [0, 0.05) is 17.9 Å². The van der Waals surface area contributed by atoms with E-state index >= 15 is 0 Å². The summed E-state index contributed by atoms with van der Waals surface area (Å²) < 4.78 is 14.7. The Balaban J connectivity index is 1.55. The Morgan fingerprint density at radius 2 is 2.06 bits per heavy atom. The van der Waals surface area contributed by atoms with E-state index < -0.39 is 0 Å². The topological polar surface area (TPSA) is 108 Å². The highest BCUT2D eigenvalue weighted by Gasteiger charge is 2.33. The molecule has 5 rings (SSSR count). The Kier molecular flexibility index (Phi) is 5.41. The van der Waals surface area contributed by atoms with Crippen molar-refractivity contribution < 1.29 is 14.3 Å². The van der Waals surface area contributed by atoms with Crippen molar-refractivity contribution in [3.8, 4) is 17.3 Å². The van der Waals surface area contributed by atoms with Crippen molar-refractivity contribution in [3.05, 3.63) is 53.5 Å². The van der Waals surface area contributed by atoms with Crippen LogP contribution in [-0.4, -0.2) is 49.2 Å². The zero-order valence-corrected chi connectivity index (χ0v) is 18.8. The summed E-state index contributed by atoms with van der Waals surface area (Å²) in [6.45, 7) is 4.70. The smallest absolute Gasteiger partial charge is 0.226 e. The summed E-state index contributed by atoms with van der Waals surface area (Å²) in [5, 5.41) is 20.1. The van der Waals surface area contributed by atoms with Gasteiger partial charge in [0.15, 0.2) is 23.0 Å². The second-order valence-electron chi connectivity index (χ2n) is 8.00. The minimum atomic E-state index is -0.167. The van der Waals surface area contributed by atoms with Crippen LogP contribution < -0.4 is 14.8 Å². The lowest BCUT2D eigenvalue weighted by molar-refractivity contribution is -0.116. The number of nitrogens with zero attached hydrogens (tertiary/aromatic N) is 6. The zero-order chi connectivity index (χ0) is 22.9. The number of rotatable bonds is 7. The molecule has 0 bridgehead atoms. The molecule has 1 aliphatic heterocycles. The molecule has 1 amide bonds. The number of methoxy groups -OCH3 is 1. The van der Waals surface area contributed by atoms with Gasteiger partial charge in [0.25, 0.3) is 0 Å². The number of unbranched alkanes of at least 4 members (excludes halogenated alkanes) is 1. The molecule has 33 heavy (non-hydrogen) atoms. The van der Waals surface area contributed by atoms with Crippen molar-refractivity contribution in [3.63, 3.8) is 0 Å². The maximum absolute atomic E-state index is 12.7. The Morgan fingerprint density at radius 3 is 2.88 bits per heavy atom. The van der Waals surface area contributed by atoms with E-state index in [9.17, 15) is 4.79 Å². The Morgan fingerprint density at radius 1 is 1.18 bits per heavy atom. The molecule has 3 aromatic heterocycles. The highest BCUT2D eigenvalue weighted by atomic mass is 16.5. The van der Waals surface area contributed by atoms with Gasteiger partial charge in [-0.1, -0.05) is 19.4 Å². The molecule has 0 unspecified atom stereocenters. The lowest BCUT2D eigenvalue weighted by Gasteiger charge is -2.25. The van der Waals surface area contributed by atoms with E-state index in [1.54, 1.807) is 22.4 Å². The van der Waals surface area contributed by atoms with Crippen LogP contribution >= 0.6 is 0 Å². The molecule has 1 atom stereocenters. The summed E-state index contributed by atoms with van der Waals surface area (Å²) in [6.07, 6.45) is 3.88. The summed E-state index contributed by atoms with van der Waals surface area (Å²) in [7, 11) is 1.63. The minimum absolute atomic E-state index is 0.0822. The molecule has 1 aliphatic rings. The lowest BCUT2D eigenvalue weighted by atomic mass is 9.85. The minimum Gasteiger partial charge on any atom is -0.493 e. The van der Waals surface area contributed by atoms with Gasteiger partial charge in [-0.2, -0.15) is 14.3 Å². The van der Waals surface area contributed by atoms with Crippen molar-refractivity contribution >= 4 is 17.4 Å². The van der Waals surface area contributed by atoms with Gasteiger partial charge in [-0.3, -0.25) is 4.79 Å². The number of carbonyl (C=O) groups excluding carboxylic acids is 1. The van der Waals surface area contributed by atoms with Crippen LogP contribution in [-0.2, 0) is 4.79 Å². The lowest BCUT2D eigenvalue weighted by Crippen LogP contribution is -2.25. The molecule has 0 saturated heterocycles. The second-order valence-corrected chi connectivity index (χ2v) is 8.00. The fraction of sp³-hybridized carbons (Fsp3) is 0.348. The van der Waals surface area contributed by atoms with Crippen LogP contribution in [0.1, 0.15) is 48.9 Å². The molecule has 0 spiro atoms. The first kappa shape index (κ1) is 20.9. The van der Waals surface area contributed by atoms with Crippen LogP contribution in [0.3, 0.4) is 0 Å². The van der Waals surface area contributed by atoms with E-state index in [0.717, 1.165) is 29.7 Å². The van der Waals surface area contributed by atoms with E-state index in [1.165, 1.54) is 6.33 Å². The quantitative estimate of drug-likeness (QED) is 0.433. The number of aryl methyl sites for hydroxylation is 1. The van der Waals surface area contributed by atoms with Crippen LogP contribution in [0.5, 0.6) is 11.5 Å². The van der Waals surface area contributed by atoms with Gasteiger partial charge in [-0.05, 0) is 43.2 Å². The number of ether oxygens (including phenoxy) is 2. The van der Waals surface area contributed by atoms with Gasteiger partial charge in [0.2, 0.25) is 5.91 Å². The number of hydrogen-bond acceptors (Lipinski definition) is 7. The molecule has 0 fully saturated rings. The van der Waals surface area contributed by atoms with Gasteiger partial charge in [-0.25, -0.2) is 0 Å². The van der Waals surface area contributed by atoms with Crippen LogP contribution in [0.4, 0.5) is 5.82 Å². The normalized spacial score (nSPS) is 15.4. The molecule has 10 nitrogen and oxygen atoms in total. The predicted molar refractivity (Wildman–Crippen MR) is 121 cm³/mol. The average molecular weight is 447 g/mol. The highest BCUT2D eigenvalue weighted by molar-refractivity contribution is 5.95. The summed E-state index contributed by atoms with van der Waals surface area (Å²) in [6, 6.07) is 9.47. The molecule has 4 aromatic rings. The fourth-order valence-corrected chi connectivity index (χ4v) is 4.18. The molecule has 0 radical (unpaired) electrons. The highest BCUT2D eigenvalue weighted by Crippen LogP contribution is 2.42. The number of amides is 1. The number of anilines is 1. The number of fused-ring (bicyclic) bond motifs is 2. The van der Waals surface area contributed by atoms with Crippen LogP contribution in [0.2, 0.25) is 0 Å². The maximum atomic E-state index is 12.7. The van der Waals surface area contributed by atoms with Gasteiger partial charge in [0.1, 0.15) is 12.1 Å². The van der Waals surface area contributed by atoms with Crippen molar-refractivity contribution in [2.75, 3.05) is 19.0 Å². The van der Waals surface area contributed by atoms with Crippen LogP contribution in [0.15, 0.2) is 36.7 Å². The van der Waals surface area contributed by atoms with Gasteiger partial charge < -0.3 is 14.8 Å². The molecular formula is C23H25N7O3. The Bertz CT molecular complexity index is 1330. The third-order valence-electron chi connectivity index (χ3n) is 5.81. The average Bonchev–Trinajstić information content (AvgIpc) is 3.42. The largest absolute Gasteiger partial charge is 0.493 e. The van der Waals surface area contributed by atoms with Gasteiger partial charge >= 0.3 is 0 Å². The number of benzene rings is 1. The second kappa shape index (κ2) is 8.53. The molecule has 4 heterocycles. The molecule has 10 heteroatoms. The van der Waals surface area contributed by atoms with Crippen LogP contribution in [0, 0.1) is 6.92 Å². The van der Waals surface area contributed by atoms with E-state index in [-0.39, 0.29) is 11.8 Å². The third kappa shape index (κ3) is 3.77. The zero-order valence-electron chi connectivity index (χ0n) is 18.8. The Labute approximate surface area is 190 Å². The summed E-state index contributed by atoms with van der Waals surface area (Å²) in [5.74, 6) is 2.29. The fourth-order valence-electron chi connectivity index (χ4n) is 4.18. The van der Waals surface area contributed by atoms with E-state index in [2.05, 4.69) is 27.5 Å². The molecule has 170 valence electrons. The first-order valence-corrected chi connectivity index (χ1v) is 11.0. The number of carbonyl (C=O) groups is 1. The number of nitrogens with one attached hydrogen (secondary N) is 1. The molecule has 1 aromatic carbocycles. The monoisotopic (exact) mass is 447 g/mol. The van der Waals surface area contributed by atoms with Gasteiger partial charge in [0.05, 0.1) is 19.4 Å². The van der Waals surface area contributed by atoms with Crippen LogP contribution in [0.25, 0.3) is 11.5 Å². The standard InChI is InChI=1S/C23H25N7O3/c1-4-5-10-33-17-7-6-15(11-18(17)32-3)16-12-21(31)25-23-22(16)14(2)27-30(23)20-9-8-19-26-24-13-29(19)28-20/h6-9,11,13,16H,4-5,10,12H2,1-3H3,(H,25,31)/t16-/m1/s1. The van der Waals surface area contributed by atoms with Crippen molar-refractivity contribution in [2.45, 2.75) is 39.0 Å². The van der Waals surface area contributed by atoms with E-state index in [1.807, 2.05) is 31.2 Å². The Hall–Kier alpha value is -3.95. The molecule has 1 N–H and O–H groups in total. The predicted octanol–water partition coefficient (Wildman–Crippen LogP) is 3.28. The van der Waals surface area contributed by atoms with Crippen molar-refractivity contribution in [1.29, 1.82) is 0 Å².